The fraction of sp³-hybridized carbons (Fsp3) is 0.400. The van der Waals surface area contributed by atoms with E-state index in [-0.39, 0.29) is 17.5 Å². The Morgan fingerprint density at radius 2 is 1.84 bits per heavy atom. The molecule has 0 N–H and O–H groups in total. The predicted octanol–water partition coefficient (Wildman–Crippen LogP) is 3.98. The molecule has 0 aliphatic carbocycles. The van der Waals surface area contributed by atoms with Crippen LogP contribution in [0.4, 0.5) is 0 Å². The van der Waals surface area contributed by atoms with Crippen LogP contribution in [0.3, 0.4) is 0 Å². The summed E-state index contributed by atoms with van der Waals surface area (Å²) in [5.74, 6) is 0.675. The lowest BCUT2D eigenvalue weighted by molar-refractivity contribution is -0.133. The fourth-order valence-corrected chi connectivity index (χ4v) is 3.90. The Kier molecular flexibility index (Phi) is 7.95. The van der Waals surface area contributed by atoms with Crippen molar-refractivity contribution < 1.29 is 9.53 Å². The number of carbonyl (C=O) groups excluding carboxylic acids is 1. The number of hydrogen-bond acceptors (Lipinski definition) is 4. The molecule has 3 aromatic rings. The smallest absolute Gasteiger partial charge is 0.261 e. The third-order valence-corrected chi connectivity index (χ3v) is 5.59. The molecule has 1 amide bonds. The molecule has 1 heterocycles. The monoisotopic (exact) mass is 421 g/mol. The molecular formula is C25H31N3O3. The van der Waals surface area contributed by atoms with E-state index in [0.717, 1.165) is 12.0 Å². The molecule has 1 aromatic heterocycles. The van der Waals surface area contributed by atoms with E-state index in [1.165, 1.54) is 0 Å². The Morgan fingerprint density at radius 1 is 1.13 bits per heavy atom. The van der Waals surface area contributed by atoms with Crippen molar-refractivity contribution in [1.29, 1.82) is 0 Å². The molecule has 0 aliphatic rings. The Balaban J connectivity index is 1.91. The van der Waals surface area contributed by atoms with Gasteiger partial charge < -0.3 is 9.64 Å². The standard InChI is InChI=1S/C25H31N3O3/c1-4-27-24(26-22-14-9-8-13-21(22)25(27)30)19(2)28(17-10-18-31-3)23(29)16-15-20-11-6-5-7-12-20/h5-9,11-14,19H,4,10,15-18H2,1-3H3. The van der Waals surface area contributed by atoms with Crippen molar-refractivity contribution in [3.8, 4) is 0 Å². The summed E-state index contributed by atoms with van der Waals surface area (Å²) in [6.45, 7) is 5.51. The molecule has 164 valence electrons. The van der Waals surface area contributed by atoms with E-state index in [0.29, 0.717) is 49.3 Å². The van der Waals surface area contributed by atoms with E-state index in [9.17, 15) is 9.59 Å². The molecule has 2 aromatic carbocycles. The Hall–Kier alpha value is -2.99. The molecule has 0 fully saturated rings. The number of carbonyl (C=O) groups is 1. The molecule has 6 nitrogen and oxygen atoms in total. The Labute approximate surface area is 183 Å². The molecule has 1 atom stereocenters. The molecule has 0 bridgehead atoms. The minimum Gasteiger partial charge on any atom is -0.385 e. The maximum absolute atomic E-state index is 13.2. The Morgan fingerprint density at radius 3 is 2.55 bits per heavy atom. The number of rotatable bonds is 10. The second-order valence-electron chi connectivity index (χ2n) is 7.63. The molecule has 0 radical (unpaired) electrons. The molecule has 6 heteroatoms. The zero-order chi connectivity index (χ0) is 22.2. The van der Waals surface area contributed by atoms with Crippen LogP contribution in [0.25, 0.3) is 10.9 Å². The van der Waals surface area contributed by atoms with Crippen molar-refractivity contribution in [2.45, 2.75) is 45.7 Å². The number of methoxy groups -OCH3 is 1. The van der Waals surface area contributed by atoms with Gasteiger partial charge >= 0.3 is 0 Å². The van der Waals surface area contributed by atoms with Gasteiger partial charge in [-0.25, -0.2) is 4.98 Å². The molecule has 0 spiro atoms. The number of benzene rings is 2. The van der Waals surface area contributed by atoms with Gasteiger partial charge in [0.25, 0.3) is 5.56 Å². The first kappa shape index (κ1) is 22.7. The Bertz CT molecular complexity index is 1060. The zero-order valence-corrected chi connectivity index (χ0v) is 18.6. The minimum absolute atomic E-state index is 0.0533. The summed E-state index contributed by atoms with van der Waals surface area (Å²) in [5, 5.41) is 0.599. The van der Waals surface area contributed by atoms with Gasteiger partial charge in [-0.2, -0.15) is 0 Å². The number of fused-ring (bicyclic) bond motifs is 1. The molecule has 3 rings (SSSR count). The van der Waals surface area contributed by atoms with E-state index in [4.69, 9.17) is 9.72 Å². The summed E-state index contributed by atoms with van der Waals surface area (Å²) in [7, 11) is 1.66. The normalized spacial score (nSPS) is 12.1. The highest BCUT2D eigenvalue weighted by Gasteiger charge is 2.25. The lowest BCUT2D eigenvalue weighted by Crippen LogP contribution is -2.38. The number of hydrogen-bond donors (Lipinski definition) is 0. The molecular weight excluding hydrogens is 390 g/mol. The third-order valence-electron chi connectivity index (χ3n) is 5.59. The second-order valence-corrected chi connectivity index (χ2v) is 7.63. The van der Waals surface area contributed by atoms with Crippen LogP contribution in [0.2, 0.25) is 0 Å². The third kappa shape index (κ3) is 5.39. The largest absolute Gasteiger partial charge is 0.385 e. The fourth-order valence-electron chi connectivity index (χ4n) is 3.90. The number of nitrogens with zero attached hydrogens (tertiary/aromatic N) is 3. The van der Waals surface area contributed by atoms with Gasteiger partial charge in [-0.1, -0.05) is 42.5 Å². The lowest BCUT2D eigenvalue weighted by Gasteiger charge is -2.30. The van der Waals surface area contributed by atoms with Crippen molar-refractivity contribution in [2.75, 3.05) is 20.3 Å². The summed E-state index contributed by atoms with van der Waals surface area (Å²) in [6.07, 6.45) is 1.81. The van der Waals surface area contributed by atoms with Crippen molar-refractivity contribution in [3.05, 3.63) is 76.3 Å². The van der Waals surface area contributed by atoms with Gasteiger partial charge in [0.05, 0.1) is 16.9 Å². The quantitative estimate of drug-likeness (QED) is 0.465. The molecule has 0 saturated heterocycles. The number of ether oxygens (including phenoxy) is 1. The van der Waals surface area contributed by atoms with Crippen molar-refractivity contribution in [1.82, 2.24) is 14.5 Å². The topological polar surface area (TPSA) is 64.4 Å². The summed E-state index contributed by atoms with van der Waals surface area (Å²) < 4.78 is 6.88. The second kappa shape index (κ2) is 10.9. The molecule has 31 heavy (non-hydrogen) atoms. The highest BCUT2D eigenvalue weighted by Crippen LogP contribution is 2.22. The number of aryl methyl sites for hydroxylation is 1. The van der Waals surface area contributed by atoms with Gasteiger partial charge in [-0.15, -0.1) is 0 Å². The molecule has 1 unspecified atom stereocenters. The highest BCUT2D eigenvalue weighted by atomic mass is 16.5. The minimum atomic E-state index is -0.322. The van der Waals surface area contributed by atoms with Crippen molar-refractivity contribution >= 4 is 16.8 Å². The summed E-state index contributed by atoms with van der Waals surface area (Å²) in [5.41, 5.74) is 1.73. The highest BCUT2D eigenvalue weighted by molar-refractivity contribution is 5.78. The summed E-state index contributed by atoms with van der Waals surface area (Å²) >= 11 is 0. The van der Waals surface area contributed by atoms with Gasteiger partial charge in [0.1, 0.15) is 5.82 Å². The first-order valence-electron chi connectivity index (χ1n) is 10.9. The predicted molar refractivity (Wildman–Crippen MR) is 123 cm³/mol. The van der Waals surface area contributed by atoms with Gasteiger partial charge in [0.2, 0.25) is 5.91 Å². The van der Waals surface area contributed by atoms with Crippen LogP contribution in [0.5, 0.6) is 0 Å². The molecule has 0 aliphatic heterocycles. The van der Waals surface area contributed by atoms with Crippen LogP contribution >= 0.6 is 0 Å². The van der Waals surface area contributed by atoms with Gasteiger partial charge in [-0.3, -0.25) is 14.2 Å². The van der Waals surface area contributed by atoms with Crippen LogP contribution in [0.15, 0.2) is 59.4 Å². The van der Waals surface area contributed by atoms with E-state index in [1.807, 2.05) is 67.3 Å². The number of para-hydroxylation sites is 1. The van der Waals surface area contributed by atoms with Crippen molar-refractivity contribution in [2.24, 2.45) is 0 Å². The van der Waals surface area contributed by atoms with Crippen LogP contribution in [-0.4, -0.2) is 40.6 Å². The SMILES string of the molecule is CCn1c(C(C)N(CCCOC)C(=O)CCc2ccccc2)nc2ccccc2c1=O. The number of aromatic nitrogens is 2. The van der Waals surface area contributed by atoms with E-state index in [1.54, 1.807) is 17.7 Å². The van der Waals surface area contributed by atoms with E-state index < -0.39 is 0 Å². The zero-order valence-electron chi connectivity index (χ0n) is 18.6. The van der Waals surface area contributed by atoms with Gasteiger partial charge in [0.15, 0.2) is 0 Å². The van der Waals surface area contributed by atoms with Gasteiger partial charge in [-0.05, 0) is 44.4 Å². The number of amides is 1. The van der Waals surface area contributed by atoms with E-state index >= 15 is 0 Å². The van der Waals surface area contributed by atoms with Crippen LogP contribution in [-0.2, 0) is 22.5 Å². The van der Waals surface area contributed by atoms with Crippen LogP contribution in [0.1, 0.15) is 44.1 Å². The summed E-state index contributed by atoms with van der Waals surface area (Å²) in [4.78, 5) is 32.9. The maximum atomic E-state index is 13.2. The van der Waals surface area contributed by atoms with Crippen molar-refractivity contribution in [3.63, 3.8) is 0 Å². The van der Waals surface area contributed by atoms with Gasteiger partial charge in [0, 0.05) is 33.2 Å². The van der Waals surface area contributed by atoms with Crippen LogP contribution < -0.4 is 5.56 Å². The lowest BCUT2D eigenvalue weighted by atomic mass is 10.1. The molecule has 0 saturated carbocycles. The maximum Gasteiger partial charge on any atom is 0.261 e. The first-order valence-corrected chi connectivity index (χ1v) is 10.9. The van der Waals surface area contributed by atoms with E-state index in [2.05, 4.69) is 0 Å². The average Bonchev–Trinajstić information content (AvgIpc) is 2.80. The summed E-state index contributed by atoms with van der Waals surface area (Å²) in [6, 6.07) is 17.1. The first-order chi connectivity index (χ1) is 15.1. The average molecular weight is 422 g/mol. The van der Waals surface area contributed by atoms with Crippen LogP contribution in [0, 0.1) is 0 Å².